The lowest BCUT2D eigenvalue weighted by molar-refractivity contribution is -0.0969. The first-order valence-electron chi connectivity index (χ1n) is 11.0. The van der Waals surface area contributed by atoms with Crippen molar-refractivity contribution in [3.8, 4) is 0 Å². The molecule has 1 amide bonds. The molecule has 164 valence electrons. The van der Waals surface area contributed by atoms with Crippen LogP contribution in [0.25, 0.3) is 0 Å². The van der Waals surface area contributed by atoms with Crippen LogP contribution in [0.3, 0.4) is 0 Å². The third-order valence-electron chi connectivity index (χ3n) is 6.65. The van der Waals surface area contributed by atoms with Crippen LogP contribution in [0.1, 0.15) is 70.6 Å². The first-order valence-corrected chi connectivity index (χ1v) is 11.0. The Labute approximate surface area is 180 Å². The van der Waals surface area contributed by atoms with Crippen LogP contribution in [0.5, 0.6) is 0 Å². The highest BCUT2D eigenvalue weighted by Crippen LogP contribution is 2.40. The molecule has 8 nitrogen and oxygen atoms in total. The van der Waals surface area contributed by atoms with Crippen molar-refractivity contribution in [1.82, 2.24) is 14.9 Å². The van der Waals surface area contributed by atoms with E-state index in [1.54, 1.807) is 17.9 Å². The molecule has 2 fully saturated rings. The Morgan fingerprint density at radius 1 is 1.23 bits per heavy atom. The van der Waals surface area contributed by atoms with Gasteiger partial charge in [-0.1, -0.05) is 0 Å². The minimum absolute atomic E-state index is 0.112. The van der Waals surface area contributed by atoms with E-state index in [-0.39, 0.29) is 17.6 Å². The number of fused-ring (bicyclic) bond motifs is 2. The summed E-state index contributed by atoms with van der Waals surface area (Å²) >= 11 is 0. The number of ether oxygens (including phenoxy) is 2. The molecule has 1 spiro atoms. The van der Waals surface area contributed by atoms with Crippen LogP contribution >= 0.6 is 0 Å². The van der Waals surface area contributed by atoms with Gasteiger partial charge in [-0.2, -0.15) is 0 Å². The molecule has 2 aromatic heterocycles. The van der Waals surface area contributed by atoms with Crippen molar-refractivity contribution in [2.45, 2.75) is 57.7 Å². The van der Waals surface area contributed by atoms with Gasteiger partial charge in [0.1, 0.15) is 28.9 Å². The predicted octanol–water partition coefficient (Wildman–Crippen LogP) is 2.60. The van der Waals surface area contributed by atoms with Gasteiger partial charge in [0.05, 0.1) is 12.3 Å². The summed E-state index contributed by atoms with van der Waals surface area (Å²) < 4.78 is 17.3. The summed E-state index contributed by atoms with van der Waals surface area (Å²) in [5, 5.41) is 0. The lowest BCUT2D eigenvalue weighted by Gasteiger charge is -2.44. The van der Waals surface area contributed by atoms with Crippen molar-refractivity contribution in [3.05, 3.63) is 56.7 Å². The number of hydrogen-bond donors (Lipinski definition) is 0. The molecular formula is C23H27N3O5. The van der Waals surface area contributed by atoms with Crippen molar-refractivity contribution >= 4 is 5.91 Å². The summed E-state index contributed by atoms with van der Waals surface area (Å²) in [6, 6.07) is 1.77. The van der Waals surface area contributed by atoms with E-state index in [4.69, 9.17) is 13.9 Å². The number of aromatic nitrogens is 2. The third-order valence-corrected chi connectivity index (χ3v) is 6.65. The normalized spacial score (nSPS) is 22.5. The smallest absolute Gasteiger partial charge is 0.349 e. The van der Waals surface area contributed by atoms with Gasteiger partial charge in [0.15, 0.2) is 0 Å². The number of piperidine rings is 1. The Morgan fingerprint density at radius 2 is 2.03 bits per heavy atom. The predicted molar refractivity (Wildman–Crippen MR) is 111 cm³/mol. The van der Waals surface area contributed by atoms with Gasteiger partial charge in [-0.05, 0) is 63.1 Å². The fourth-order valence-corrected chi connectivity index (χ4v) is 4.96. The zero-order valence-electron chi connectivity index (χ0n) is 18.0. The molecule has 8 heteroatoms. The average Bonchev–Trinajstić information content (AvgIpc) is 3.29. The van der Waals surface area contributed by atoms with E-state index in [2.05, 4.69) is 9.97 Å². The fraction of sp³-hybridized carbons (Fsp3) is 0.565. The highest BCUT2D eigenvalue weighted by molar-refractivity contribution is 5.95. The summed E-state index contributed by atoms with van der Waals surface area (Å²) in [6.07, 6.45) is 5.55. The number of carbonyl (C=O) groups is 1. The molecular weight excluding hydrogens is 398 g/mol. The molecule has 2 saturated heterocycles. The Morgan fingerprint density at radius 3 is 2.74 bits per heavy atom. The number of aryl methyl sites for hydroxylation is 2. The molecule has 3 aliphatic rings. The Kier molecular flexibility index (Phi) is 5.14. The number of nitrogens with zero attached hydrogens (tertiary/aromatic N) is 3. The quantitative estimate of drug-likeness (QED) is 0.730. The van der Waals surface area contributed by atoms with E-state index in [9.17, 15) is 9.59 Å². The molecule has 1 unspecified atom stereocenters. The monoisotopic (exact) mass is 425 g/mol. The van der Waals surface area contributed by atoms with Gasteiger partial charge in [0.25, 0.3) is 5.91 Å². The second-order valence-electron chi connectivity index (χ2n) is 8.67. The zero-order valence-corrected chi connectivity index (χ0v) is 18.0. The van der Waals surface area contributed by atoms with Crippen LogP contribution in [-0.4, -0.2) is 47.1 Å². The van der Waals surface area contributed by atoms with Gasteiger partial charge in [-0.15, -0.1) is 0 Å². The Bertz CT molecular complexity index is 1070. The van der Waals surface area contributed by atoms with Gasteiger partial charge in [0, 0.05) is 25.9 Å². The van der Waals surface area contributed by atoms with Crippen molar-refractivity contribution < 1.29 is 18.7 Å². The van der Waals surface area contributed by atoms with Crippen molar-refractivity contribution in [2.75, 3.05) is 26.3 Å². The van der Waals surface area contributed by atoms with E-state index in [0.29, 0.717) is 50.5 Å². The second-order valence-corrected chi connectivity index (χ2v) is 8.67. The lowest BCUT2D eigenvalue weighted by Crippen LogP contribution is -2.49. The van der Waals surface area contributed by atoms with Crippen LogP contribution in [0.4, 0.5) is 0 Å². The van der Waals surface area contributed by atoms with E-state index < -0.39 is 11.2 Å². The first-order chi connectivity index (χ1) is 15.0. The summed E-state index contributed by atoms with van der Waals surface area (Å²) in [4.78, 5) is 36.6. The number of amides is 1. The Hall–Kier alpha value is -2.58. The van der Waals surface area contributed by atoms with Crippen molar-refractivity contribution in [2.24, 2.45) is 0 Å². The highest BCUT2D eigenvalue weighted by atomic mass is 16.5. The summed E-state index contributed by atoms with van der Waals surface area (Å²) in [5.41, 5.74) is 1.75. The van der Waals surface area contributed by atoms with Crippen LogP contribution < -0.4 is 5.63 Å². The number of hydrogen-bond acceptors (Lipinski definition) is 7. The molecule has 1 atom stereocenters. The van der Waals surface area contributed by atoms with Gasteiger partial charge in [0.2, 0.25) is 0 Å². The minimum Gasteiger partial charge on any atom is -0.424 e. The molecule has 0 N–H and O–H groups in total. The molecule has 3 aliphatic heterocycles. The lowest BCUT2D eigenvalue weighted by atomic mass is 9.83. The minimum atomic E-state index is -0.585. The maximum Gasteiger partial charge on any atom is 0.349 e. The molecule has 0 saturated carbocycles. The Balaban J connectivity index is 1.36. The molecule has 0 aliphatic carbocycles. The maximum atomic E-state index is 13.2. The maximum absolute atomic E-state index is 13.2. The number of rotatable bonds is 2. The van der Waals surface area contributed by atoms with Crippen LogP contribution in [0, 0.1) is 13.8 Å². The molecule has 0 radical (unpaired) electrons. The van der Waals surface area contributed by atoms with Crippen molar-refractivity contribution in [3.63, 3.8) is 0 Å². The zero-order chi connectivity index (χ0) is 21.6. The summed E-state index contributed by atoms with van der Waals surface area (Å²) in [5.74, 6) is 0.952. The highest BCUT2D eigenvalue weighted by Gasteiger charge is 2.43. The summed E-state index contributed by atoms with van der Waals surface area (Å²) in [6.45, 7) is 5.94. The van der Waals surface area contributed by atoms with Gasteiger partial charge >= 0.3 is 5.63 Å². The van der Waals surface area contributed by atoms with Crippen molar-refractivity contribution in [1.29, 1.82) is 0 Å². The summed E-state index contributed by atoms with van der Waals surface area (Å²) in [7, 11) is 0. The first kappa shape index (κ1) is 20.3. The molecule has 5 heterocycles. The van der Waals surface area contributed by atoms with Gasteiger partial charge in [-0.25, -0.2) is 14.8 Å². The fourth-order valence-electron chi connectivity index (χ4n) is 4.96. The van der Waals surface area contributed by atoms with E-state index in [1.165, 1.54) is 0 Å². The largest absolute Gasteiger partial charge is 0.424 e. The van der Waals surface area contributed by atoms with E-state index in [1.807, 2.05) is 13.1 Å². The average molecular weight is 425 g/mol. The van der Waals surface area contributed by atoms with Crippen LogP contribution in [0.15, 0.2) is 21.5 Å². The SMILES string of the molecule is Cc1ncc2c(n1)C1(CCN(C(=O)c3c(C)cc(C4CCCO4)oc3=O)CC1)OCC2. The molecule has 5 rings (SSSR count). The van der Waals surface area contributed by atoms with Crippen LogP contribution in [0.2, 0.25) is 0 Å². The number of likely N-dealkylation sites (tertiary alicyclic amines) is 1. The molecule has 31 heavy (non-hydrogen) atoms. The van der Waals surface area contributed by atoms with E-state index in [0.717, 1.165) is 36.3 Å². The molecule has 0 bridgehead atoms. The van der Waals surface area contributed by atoms with Crippen LogP contribution in [-0.2, 0) is 21.5 Å². The third kappa shape index (κ3) is 3.57. The number of carbonyl (C=O) groups excluding carboxylic acids is 1. The van der Waals surface area contributed by atoms with Gasteiger partial charge in [-0.3, -0.25) is 4.79 Å². The standard InChI is InChI=1S/C23H27N3O5/c1-14-12-18(17-4-3-10-29-17)31-22(28)19(14)21(27)26-8-6-23(7-9-26)20-16(5-11-30-23)13-24-15(2)25-20/h12-13,17H,3-11H2,1-2H3. The molecule has 2 aromatic rings. The second kappa shape index (κ2) is 7.84. The van der Waals surface area contributed by atoms with E-state index >= 15 is 0 Å². The van der Waals surface area contributed by atoms with Gasteiger partial charge < -0.3 is 18.8 Å². The molecule has 0 aromatic carbocycles. The topological polar surface area (TPSA) is 94.8 Å².